The Hall–Kier alpha value is -3.29. The second kappa shape index (κ2) is 7.76. The lowest BCUT2D eigenvalue weighted by Gasteiger charge is -2.13. The van der Waals surface area contributed by atoms with Crippen molar-refractivity contribution in [1.82, 2.24) is 29.8 Å². The van der Waals surface area contributed by atoms with Crippen molar-refractivity contribution < 1.29 is 9.47 Å². The molecule has 1 N–H and O–H groups in total. The molecule has 0 aliphatic carbocycles. The summed E-state index contributed by atoms with van der Waals surface area (Å²) in [6, 6.07) is 6.33. The highest BCUT2D eigenvalue weighted by molar-refractivity contribution is 5.87. The number of aromatic amines is 1. The van der Waals surface area contributed by atoms with Crippen LogP contribution in [0, 0.1) is 0 Å². The molecule has 1 aliphatic heterocycles. The molecule has 31 heavy (non-hydrogen) atoms. The Morgan fingerprint density at radius 1 is 1.13 bits per heavy atom. The first-order chi connectivity index (χ1) is 15.1. The molecule has 0 saturated heterocycles. The SMILES string of the molecule is CCc1nn(C)c2c1CC(C)c1[nH]nc3ccc(cc13)-c1cnn(C)c1OCCCO2. The molecule has 0 fully saturated rings. The molecule has 5 rings (SSSR count). The van der Waals surface area contributed by atoms with Gasteiger partial charge in [0.15, 0.2) is 0 Å². The largest absolute Gasteiger partial charge is 0.477 e. The number of benzene rings is 1. The van der Waals surface area contributed by atoms with Crippen molar-refractivity contribution >= 4 is 10.9 Å². The normalized spacial score (nSPS) is 16.8. The molecule has 0 saturated carbocycles. The van der Waals surface area contributed by atoms with Gasteiger partial charge in [-0.2, -0.15) is 15.3 Å². The molecule has 2 bridgehead atoms. The van der Waals surface area contributed by atoms with E-state index in [1.54, 1.807) is 4.68 Å². The Labute approximate surface area is 181 Å². The van der Waals surface area contributed by atoms with Gasteiger partial charge in [-0.25, -0.2) is 9.36 Å². The molecule has 1 unspecified atom stereocenters. The van der Waals surface area contributed by atoms with E-state index in [1.165, 1.54) is 5.56 Å². The molecule has 162 valence electrons. The average molecular weight is 421 g/mol. The molecule has 3 aromatic heterocycles. The monoisotopic (exact) mass is 420 g/mol. The number of rotatable bonds is 1. The molecule has 1 atom stereocenters. The van der Waals surface area contributed by atoms with E-state index in [-0.39, 0.29) is 5.92 Å². The van der Waals surface area contributed by atoms with Crippen molar-refractivity contribution in [3.63, 3.8) is 0 Å². The first-order valence-corrected chi connectivity index (χ1v) is 10.9. The summed E-state index contributed by atoms with van der Waals surface area (Å²) < 4.78 is 16.0. The minimum Gasteiger partial charge on any atom is -0.477 e. The van der Waals surface area contributed by atoms with Gasteiger partial charge >= 0.3 is 0 Å². The van der Waals surface area contributed by atoms with Gasteiger partial charge in [0.05, 0.1) is 36.2 Å². The van der Waals surface area contributed by atoms with Crippen LogP contribution >= 0.6 is 0 Å². The number of fused-ring (bicyclic) bond motifs is 4. The van der Waals surface area contributed by atoms with E-state index in [0.29, 0.717) is 13.2 Å². The molecule has 1 aliphatic rings. The standard InChI is InChI=1S/C23H28N6O2/c1-5-19-17-11-14(2)21-16-12-15(7-8-20(16)25-26-21)18-13-24-28(3)23(18)31-10-6-9-30-22(17)29(4)27-19/h7-8,12-14H,5-6,9-11H2,1-4H3,(H,25,26). The molecule has 0 radical (unpaired) electrons. The summed E-state index contributed by atoms with van der Waals surface area (Å²) in [7, 11) is 3.86. The van der Waals surface area contributed by atoms with Crippen molar-refractivity contribution in [2.75, 3.05) is 13.2 Å². The summed E-state index contributed by atoms with van der Waals surface area (Å²) >= 11 is 0. The fraction of sp³-hybridized carbons (Fsp3) is 0.435. The van der Waals surface area contributed by atoms with Crippen LogP contribution in [0.4, 0.5) is 0 Å². The maximum absolute atomic E-state index is 6.20. The van der Waals surface area contributed by atoms with Gasteiger partial charge in [0, 0.05) is 43.1 Å². The topological polar surface area (TPSA) is 82.8 Å². The van der Waals surface area contributed by atoms with Crippen molar-refractivity contribution in [3.05, 3.63) is 41.3 Å². The van der Waals surface area contributed by atoms with Gasteiger partial charge in [-0.05, 0) is 30.5 Å². The third kappa shape index (κ3) is 3.36. The molecular formula is C23H28N6O2. The van der Waals surface area contributed by atoms with Gasteiger partial charge in [0.2, 0.25) is 11.8 Å². The van der Waals surface area contributed by atoms with Crippen LogP contribution in [0.2, 0.25) is 0 Å². The highest BCUT2D eigenvalue weighted by atomic mass is 16.5. The lowest BCUT2D eigenvalue weighted by molar-refractivity contribution is 0.225. The van der Waals surface area contributed by atoms with Crippen molar-refractivity contribution in [2.45, 2.75) is 39.0 Å². The predicted molar refractivity (Wildman–Crippen MR) is 119 cm³/mol. The summed E-state index contributed by atoms with van der Waals surface area (Å²) in [6.45, 7) is 5.49. The lowest BCUT2D eigenvalue weighted by atomic mass is 9.94. The summed E-state index contributed by atoms with van der Waals surface area (Å²) in [5, 5.41) is 18.1. The predicted octanol–water partition coefficient (Wildman–Crippen LogP) is 3.77. The Kier molecular flexibility index (Phi) is 4.92. The van der Waals surface area contributed by atoms with E-state index in [1.807, 2.05) is 25.0 Å². The van der Waals surface area contributed by atoms with Crippen LogP contribution in [-0.2, 0) is 26.9 Å². The first-order valence-electron chi connectivity index (χ1n) is 10.9. The number of aryl methyl sites for hydroxylation is 3. The molecule has 1 aromatic carbocycles. The number of aromatic nitrogens is 6. The number of hydrogen-bond donors (Lipinski definition) is 1. The lowest BCUT2D eigenvalue weighted by Crippen LogP contribution is -2.10. The quantitative estimate of drug-likeness (QED) is 0.507. The van der Waals surface area contributed by atoms with E-state index >= 15 is 0 Å². The molecule has 8 heteroatoms. The van der Waals surface area contributed by atoms with Crippen LogP contribution in [0.1, 0.15) is 43.1 Å². The van der Waals surface area contributed by atoms with Gasteiger partial charge in [-0.3, -0.25) is 5.10 Å². The highest BCUT2D eigenvalue weighted by Crippen LogP contribution is 2.36. The van der Waals surface area contributed by atoms with E-state index in [2.05, 4.69) is 47.3 Å². The van der Waals surface area contributed by atoms with Crippen molar-refractivity contribution in [1.29, 1.82) is 0 Å². The van der Waals surface area contributed by atoms with E-state index in [9.17, 15) is 0 Å². The summed E-state index contributed by atoms with van der Waals surface area (Å²) in [5.74, 6) is 1.85. The van der Waals surface area contributed by atoms with Crippen LogP contribution in [0.5, 0.6) is 11.8 Å². The van der Waals surface area contributed by atoms with Gasteiger partial charge in [-0.1, -0.05) is 19.9 Å². The second-order valence-electron chi connectivity index (χ2n) is 8.22. The zero-order valence-electron chi connectivity index (χ0n) is 18.5. The minimum absolute atomic E-state index is 0.229. The van der Waals surface area contributed by atoms with Gasteiger partial charge < -0.3 is 9.47 Å². The Bertz CT molecular complexity index is 1230. The third-order valence-corrected chi connectivity index (χ3v) is 6.05. The number of ether oxygens (including phenoxy) is 2. The molecule has 4 aromatic rings. The van der Waals surface area contributed by atoms with Crippen LogP contribution in [0.15, 0.2) is 24.4 Å². The number of nitrogens with zero attached hydrogens (tertiary/aromatic N) is 5. The van der Waals surface area contributed by atoms with Crippen molar-refractivity contribution in [2.24, 2.45) is 14.1 Å². The number of nitrogens with one attached hydrogen (secondary N) is 1. The number of H-pyrrole nitrogens is 1. The molecule has 0 amide bonds. The van der Waals surface area contributed by atoms with Crippen LogP contribution in [0.25, 0.3) is 22.0 Å². The zero-order valence-corrected chi connectivity index (χ0v) is 18.5. The fourth-order valence-corrected chi connectivity index (χ4v) is 4.45. The van der Waals surface area contributed by atoms with Gasteiger partial charge in [0.1, 0.15) is 0 Å². The van der Waals surface area contributed by atoms with Crippen molar-refractivity contribution in [3.8, 4) is 22.9 Å². The second-order valence-corrected chi connectivity index (χ2v) is 8.22. The fourth-order valence-electron chi connectivity index (χ4n) is 4.45. The van der Waals surface area contributed by atoms with E-state index in [0.717, 1.165) is 64.4 Å². The molecule has 0 spiro atoms. The first kappa shape index (κ1) is 19.7. The average Bonchev–Trinajstić information content (AvgIpc) is 3.43. The Balaban J connectivity index is 1.64. The summed E-state index contributed by atoms with van der Waals surface area (Å²) in [4.78, 5) is 0. The highest BCUT2D eigenvalue weighted by Gasteiger charge is 2.23. The van der Waals surface area contributed by atoms with E-state index < -0.39 is 0 Å². The smallest absolute Gasteiger partial charge is 0.219 e. The number of hydrogen-bond acceptors (Lipinski definition) is 5. The maximum atomic E-state index is 6.20. The molecular weight excluding hydrogens is 392 g/mol. The van der Waals surface area contributed by atoms with Crippen LogP contribution < -0.4 is 9.47 Å². The summed E-state index contributed by atoms with van der Waals surface area (Å²) in [5.41, 5.74) is 6.41. The van der Waals surface area contributed by atoms with E-state index in [4.69, 9.17) is 14.6 Å². The zero-order chi connectivity index (χ0) is 21.5. The van der Waals surface area contributed by atoms with Gasteiger partial charge in [0.25, 0.3) is 0 Å². The van der Waals surface area contributed by atoms with Crippen LogP contribution in [-0.4, -0.2) is 43.0 Å². The summed E-state index contributed by atoms with van der Waals surface area (Å²) in [6.07, 6.45) is 4.35. The maximum Gasteiger partial charge on any atom is 0.219 e. The molecule has 8 nitrogen and oxygen atoms in total. The van der Waals surface area contributed by atoms with Gasteiger partial charge in [-0.15, -0.1) is 0 Å². The molecule has 4 heterocycles. The Morgan fingerprint density at radius 3 is 2.74 bits per heavy atom. The Morgan fingerprint density at radius 2 is 1.94 bits per heavy atom. The van der Waals surface area contributed by atoms with Crippen LogP contribution in [0.3, 0.4) is 0 Å². The minimum atomic E-state index is 0.229. The third-order valence-electron chi connectivity index (χ3n) is 6.05.